The van der Waals surface area contributed by atoms with E-state index in [1.54, 1.807) is 7.05 Å². The van der Waals surface area contributed by atoms with E-state index < -0.39 is 19.4 Å². The number of hydrogen-bond acceptors (Lipinski definition) is 5. The first kappa shape index (κ1) is 16.0. The van der Waals surface area contributed by atoms with Gasteiger partial charge in [-0.2, -0.15) is 8.42 Å². The lowest BCUT2D eigenvalue weighted by Gasteiger charge is -2.15. The van der Waals surface area contributed by atoms with Gasteiger partial charge in [0.05, 0.1) is 5.75 Å². The molecule has 0 bridgehead atoms. The van der Waals surface area contributed by atoms with E-state index in [1.165, 1.54) is 0 Å². The number of nitrogens with one attached hydrogen (secondary N) is 1. The molecule has 1 unspecified atom stereocenters. The summed E-state index contributed by atoms with van der Waals surface area (Å²) in [4.78, 5) is 17.5. The second-order valence-corrected chi connectivity index (χ2v) is 6.63. The van der Waals surface area contributed by atoms with Crippen molar-refractivity contribution in [3.8, 4) is 0 Å². The molecule has 1 atom stereocenters. The van der Waals surface area contributed by atoms with Gasteiger partial charge in [-0.25, -0.2) is 0 Å². The molecule has 0 heterocycles. The Morgan fingerprint density at radius 1 is 1.25 bits per heavy atom. The maximum Gasteiger partial charge on any atom is 0.378 e. The van der Waals surface area contributed by atoms with Gasteiger partial charge in [0.1, 0.15) is 0 Å². The summed E-state index contributed by atoms with van der Waals surface area (Å²) in [6.07, 6.45) is 2.53. The summed E-state index contributed by atoms with van der Waals surface area (Å²) in [6.45, 7) is 0. The van der Waals surface area contributed by atoms with Gasteiger partial charge >= 0.3 is 9.28 Å². The van der Waals surface area contributed by atoms with Crippen LogP contribution in [-0.2, 0) is 10.1 Å². The monoisotopic (exact) mass is 270 g/mol. The average Bonchev–Trinajstić information content (AvgIpc) is 2.13. The lowest BCUT2D eigenvalue weighted by molar-refractivity contribution is 0.396. The maximum atomic E-state index is 10.5. The van der Waals surface area contributed by atoms with E-state index in [4.69, 9.17) is 14.1 Å². The molecule has 4 N–H and O–H groups in total. The highest BCUT2D eigenvalue weighted by molar-refractivity contribution is 7.85. The van der Waals surface area contributed by atoms with Gasteiger partial charge in [-0.15, -0.1) is 0 Å². The van der Waals surface area contributed by atoms with Crippen LogP contribution >= 0.6 is 0 Å². The topological polar surface area (TPSA) is 107 Å². The Balaban J connectivity index is 3.67. The Morgan fingerprint density at radius 3 is 2.25 bits per heavy atom. The van der Waals surface area contributed by atoms with Crippen molar-refractivity contribution in [2.75, 3.05) is 12.8 Å². The molecule has 16 heavy (non-hydrogen) atoms. The second-order valence-electron chi connectivity index (χ2n) is 3.72. The van der Waals surface area contributed by atoms with Crippen molar-refractivity contribution < 1.29 is 22.6 Å². The van der Waals surface area contributed by atoms with Crippen LogP contribution in [0.4, 0.5) is 0 Å². The van der Waals surface area contributed by atoms with Crippen LogP contribution in [-0.4, -0.2) is 50.7 Å². The van der Waals surface area contributed by atoms with E-state index in [0.29, 0.717) is 25.3 Å². The third kappa shape index (κ3) is 10.5. The van der Waals surface area contributed by atoms with Gasteiger partial charge in [-0.05, 0) is 38.8 Å². The maximum absolute atomic E-state index is 10.5. The largest absolute Gasteiger partial charge is 0.410 e. The standard InChI is InChI=1S/C8H20NO5SSi/c1-9-8(5-3-7-16(13)14)4-2-6-15(10,11)12/h8-9,13-14H,2-7H2,1H3,(H,10,11,12). The summed E-state index contributed by atoms with van der Waals surface area (Å²) < 4.78 is 29.5. The SMILES string of the molecule is CNC(CCC[Si](O)O)CCCS(=O)(=O)O. The van der Waals surface area contributed by atoms with Crippen molar-refractivity contribution in [1.82, 2.24) is 5.32 Å². The summed E-state index contributed by atoms with van der Waals surface area (Å²) in [5.41, 5.74) is 0. The average molecular weight is 270 g/mol. The quantitative estimate of drug-likeness (QED) is 0.332. The summed E-state index contributed by atoms with van der Waals surface area (Å²) in [5, 5.41) is 3.03. The Kier molecular flexibility index (Phi) is 8.15. The van der Waals surface area contributed by atoms with E-state index in [-0.39, 0.29) is 11.8 Å². The molecule has 0 spiro atoms. The normalized spacial score (nSPS) is 14.3. The molecule has 0 aliphatic carbocycles. The van der Waals surface area contributed by atoms with Gasteiger partial charge in [0.15, 0.2) is 0 Å². The minimum absolute atomic E-state index is 0.156. The van der Waals surface area contributed by atoms with E-state index in [9.17, 15) is 8.42 Å². The molecule has 97 valence electrons. The van der Waals surface area contributed by atoms with Gasteiger partial charge in [-0.3, -0.25) is 4.55 Å². The van der Waals surface area contributed by atoms with Crippen LogP contribution in [0.25, 0.3) is 0 Å². The molecule has 1 radical (unpaired) electrons. The molecule has 8 heteroatoms. The van der Waals surface area contributed by atoms with Crippen molar-refractivity contribution in [3.63, 3.8) is 0 Å². The van der Waals surface area contributed by atoms with Crippen LogP contribution in [0.3, 0.4) is 0 Å². The van der Waals surface area contributed by atoms with Crippen LogP contribution in [0.5, 0.6) is 0 Å². The van der Waals surface area contributed by atoms with Crippen molar-refractivity contribution >= 4 is 19.4 Å². The molecule has 0 fully saturated rings. The van der Waals surface area contributed by atoms with E-state index in [0.717, 1.165) is 6.42 Å². The minimum Gasteiger partial charge on any atom is -0.410 e. The fourth-order valence-electron chi connectivity index (χ4n) is 1.45. The Labute approximate surface area is 98.3 Å². The first-order valence-corrected chi connectivity index (χ1v) is 8.42. The van der Waals surface area contributed by atoms with Crippen LogP contribution in [0.1, 0.15) is 25.7 Å². The summed E-state index contributed by atoms with van der Waals surface area (Å²) in [7, 11) is -4.23. The van der Waals surface area contributed by atoms with Gasteiger partial charge < -0.3 is 14.9 Å². The van der Waals surface area contributed by atoms with Gasteiger partial charge in [-0.1, -0.05) is 0 Å². The van der Waals surface area contributed by atoms with Gasteiger partial charge in [0.2, 0.25) is 0 Å². The lowest BCUT2D eigenvalue weighted by Crippen LogP contribution is -2.26. The molecule has 0 saturated carbocycles. The molecule has 0 aromatic heterocycles. The molecule has 0 saturated heterocycles. The van der Waals surface area contributed by atoms with Gasteiger partial charge in [0.25, 0.3) is 10.1 Å². The molecule has 0 aliphatic rings. The van der Waals surface area contributed by atoms with Crippen LogP contribution in [0.15, 0.2) is 0 Å². The highest BCUT2D eigenvalue weighted by atomic mass is 32.2. The molecule has 6 nitrogen and oxygen atoms in total. The van der Waals surface area contributed by atoms with Crippen molar-refractivity contribution in [3.05, 3.63) is 0 Å². The zero-order chi connectivity index (χ0) is 12.6. The number of rotatable bonds is 9. The molecular formula is C8H20NO5SSi. The number of hydrogen-bond donors (Lipinski definition) is 4. The predicted octanol–water partition coefficient (Wildman–Crippen LogP) is -0.505. The highest BCUT2D eigenvalue weighted by Gasteiger charge is 2.11. The van der Waals surface area contributed by atoms with Crippen LogP contribution in [0, 0.1) is 0 Å². The first-order valence-electron chi connectivity index (χ1n) is 5.21. The second kappa shape index (κ2) is 8.15. The fraction of sp³-hybridized carbons (Fsp3) is 1.00. The summed E-state index contributed by atoms with van der Waals surface area (Å²) in [5.74, 6) is -0.222. The van der Waals surface area contributed by atoms with Crippen molar-refractivity contribution in [1.29, 1.82) is 0 Å². The van der Waals surface area contributed by atoms with E-state index >= 15 is 0 Å². The Morgan fingerprint density at radius 2 is 1.81 bits per heavy atom. The van der Waals surface area contributed by atoms with Crippen molar-refractivity contribution in [2.45, 2.75) is 37.8 Å². The smallest absolute Gasteiger partial charge is 0.378 e. The van der Waals surface area contributed by atoms with Crippen LogP contribution in [0.2, 0.25) is 6.04 Å². The third-order valence-corrected chi connectivity index (χ3v) is 3.92. The summed E-state index contributed by atoms with van der Waals surface area (Å²) >= 11 is 0. The lowest BCUT2D eigenvalue weighted by atomic mass is 10.1. The zero-order valence-corrected chi connectivity index (χ0v) is 11.2. The van der Waals surface area contributed by atoms with Crippen LogP contribution < -0.4 is 5.32 Å². The first-order chi connectivity index (χ1) is 7.35. The third-order valence-electron chi connectivity index (χ3n) is 2.32. The molecule has 0 amide bonds. The van der Waals surface area contributed by atoms with E-state index in [1.807, 2.05) is 0 Å². The highest BCUT2D eigenvalue weighted by Crippen LogP contribution is 2.08. The molecule has 0 aliphatic heterocycles. The molecule has 0 rings (SSSR count). The molecule has 0 aromatic carbocycles. The Hall–Kier alpha value is 0.00688. The molecular weight excluding hydrogens is 250 g/mol. The fourth-order valence-corrected chi connectivity index (χ4v) is 2.50. The zero-order valence-electron chi connectivity index (χ0n) is 9.39. The van der Waals surface area contributed by atoms with E-state index in [2.05, 4.69) is 5.32 Å². The van der Waals surface area contributed by atoms with Gasteiger partial charge in [0, 0.05) is 6.04 Å². The summed E-state index contributed by atoms with van der Waals surface area (Å²) in [6, 6.07) is 0.573. The Bertz CT molecular complexity index is 270. The molecule has 0 aromatic rings. The predicted molar refractivity (Wildman–Crippen MR) is 62.7 cm³/mol. The van der Waals surface area contributed by atoms with Crippen molar-refractivity contribution in [2.24, 2.45) is 0 Å². The minimum atomic E-state index is -3.86.